The predicted molar refractivity (Wildman–Crippen MR) is 64.3 cm³/mol. The molecule has 1 aromatic carbocycles. The molecule has 86 valence electrons. The average Bonchev–Trinajstić information content (AvgIpc) is 2.30. The van der Waals surface area contributed by atoms with E-state index in [0.29, 0.717) is 10.6 Å². The van der Waals surface area contributed by atoms with Crippen LogP contribution in [0.5, 0.6) is 0 Å². The first-order valence-electron chi connectivity index (χ1n) is 5.39. The van der Waals surface area contributed by atoms with Gasteiger partial charge in [0.25, 0.3) is 0 Å². The average molecular weight is 240 g/mol. The quantitative estimate of drug-likeness (QED) is 0.804. The van der Waals surface area contributed by atoms with Crippen molar-refractivity contribution in [2.45, 2.75) is 18.9 Å². The fourth-order valence-electron chi connectivity index (χ4n) is 2.02. The highest BCUT2D eigenvalue weighted by atomic mass is 35.5. The van der Waals surface area contributed by atoms with Gasteiger partial charge in [0.05, 0.1) is 16.7 Å². The van der Waals surface area contributed by atoms with Crippen molar-refractivity contribution in [3.05, 3.63) is 28.8 Å². The Bertz CT molecular complexity index is 387. The van der Waals surface area contributed by atoms with Crippen LogP contribution >= 0.6 is 11.6 Å². The molecule has 0 unspecified atom stereocenters. The van der Waals surface area contributed by atoms with E-state index in [1.165, 1.54) is 0 Å². The minimum Gasteiger partial charge on any atom is -0.393 e. The van der Waals surface area contributed by atoms with Crippen LogP contribution in [0.15, 0.2) is 18.2 Å². The summed E-state index contributed by atoms with van der Waals surface area (Å²) in [6.45, 7) is 1.53. The lowest BCUT2D eigenvalue weighted by molar-refractivity contribution is 0.112. The molecule has 0 spiro atoms. The van der Waals surface area contributed by atoms with Crippen LogP contribution in [-0.2, 0) is 0 Å². The van der Waals surface area contributed by atoms with E-state index >= 15 is 0 Å². The van der Waals surface area contributed by atoms with Crippen LogP contribution in [0, 0.1) is 0 Å². The van der Waals surface area contributed by atoms with Crippen molar-refractivity contribution in [3.63, 3.8) is 0 Å². The highest BCUT2D eigenvalue weighted by Crippen LogP contribution is 2.28. The van der Waals surface area contributed by atoms with Gasteiger partial charge in [0.15, 0.2) is 6.29 Å². The van der Waals surface area contributed by atoms with E-state index in [1.807, 2.05) is 12.1 Å². The number of aldehydes is 1. The minimum atomic E-state index is -0.213. The molecule has 0 atom stereocenters. The lowest BCUT2D eigenvalue weighted by Crippen LogP contribution is -2.36. The molecule has 1 fully saturated rings. The Kier molecular flexibility index (Phi) is 3.46. The molecule has 0 bridgehead atoms. The second kappa shape index (κ2) is 4.85. The van der Waals surface area contributed by atoms with Crippen LogP contribution in [0.1, 0.15) is 23.2 Å². The molecule has 0 amide bonds. The molecule has 1 N–H and O–H groups in total. The van der Waals surface area contributed by atoms with Gasteiger partial charge in [-0.05, 0) is 25.0 Å². The Balaban J connectivity index is 2.26. The largest absolute Gasteiger partial charge is 0.393 e. The van der Waals surface area contributed by atoms with Crippen LogP contribution < -0.4 is 4.90 Å². The number of carbonyl (C=O) groups excluding carboxylic acids is 1. The summed E-state index contributed by atoms with van der Waals surface area (Å²) < 4.78 is 0. The van der Waals surface area contributed by atoms with Gasteiger partial charge in [-0.3, -0.25) is 4.79 Å². The van der Waals surface area contributed by atoms with Crippen molar-refractivity contribution in [1.29, 1.82) is 0 Å². The topological polar surface area (TPSA) is 40.5 Å². The molecule has 0 radical (unpaired) electrons. The number of nitrogens with zero attached hydrogens (tertiary/aromatic N) is 1. The Labute approximate surface area is 99.6 Å². The Morgan fingerprint density at radius 3 is 2.69 bits per heavy atom. The van der Waals surface area contributed by atoms with Gasteiger partial charge in [-0.2, -0.15) is 0 Å². The third kappa shape index (κ3) is 2.20. The number of benzene rings is 1. The van der Waals surface area contributed by atoms with Gasteiger partial charge in [0.2, 0.25) is 0 Å². The molecule has 0 aliphatic carbocycles. The van der Waals surface area contributed by atoms with Crippen LogP contribution in [0.3, 0.4) is 0 Å². The van der Waals surface area contributed by atoms with Crippen LogP contribution in [-0.4, -0.2) is 30.6 Å². The summed E-state index contributed by atoms with van der Waals surface area (Å²) in [5.41, 5.74) is 1.41. The van der Waals surface area contributed by atoms with E-state index < -0.39 is 0 Å². The molecule has 1 saturated heterocycles. The fraction of sp³-hybridized carbons (Fsp3) is 0.417. The highest BCUT2D eigenvalue weighted by molar-refractivity contribution is 6.33. The summed E-state index contributed by atoms with van der Waals surface area (Å²) in [5, 5.41) is 9.92. The van der Waals surface area contributed by atoms with Gasteiger partial charge in [-0.15, -0.1) is 0 Å². The van der Waals surface area contributed by atoms with Crippen LogP contribution in [0.25, 0.3) is 0 Å². The number of halogens is 1. The van der Waals surface area contributed by atoms with Crippen molar-refractivity contribution < 1.29 is 9.90 Å². The van der Waals surface area contributed by atoms with E-state index in [2.05, 4.69) is 4.90 Å². The summed E-state index contributed by atoms with van der Waals surface area (Å²) in [7, 11) is 0. The first-order valence-corrected chi connectivity index (χ1v) is 5.77. The van der Waals surface area contributed by atoms with Gasteiger partial charge in [0, 0.05) is 18.8 Å². The lowest BCUT2D eigenvalue weighted by Gasteiger charge is -2.32. The number of anilines is 1. The summed E-state index contributed by atoms with van der Waals surface area (Å²) in [6, 6.07) is 5.45. The maximum absolute atomic E-state index is 11.0. The molecule has 1 aliphatic heterocycles. The predicted octanol–water partition coefficient (Wildman–Crippen LogP) is 2.11. The van der Waals surface area contributed by atoms with E-state index in [-0.39, 0.29) is 6.10 Å². The molecule has 1 heterocycles. The number of hydrogen-bond acceptors (Lipinski definition) is 3. The van der Waals surface area contributed by atoms with Gasteiger partial charge in [0.1, 0.15) is 0 Å². The van der Waals surface area contributed by atoms with Gasteiger partial charge < -0.3 is 10.0 Å². The maximum Gasteiger partial charge on any atom is 0.153 e. The van der Waals surface area contributed by atoms with E-state index in [4.69, 9.17) is 11.6 Å². The third-order valence-electron chi connectivity index (χ3n) is 2.95. The molecular weight excluding hydrogens is 226 g/mol. The van der Waals surface area contributed by atoms with Gasteiger partial charge >= 0.3 is 0 Å². The summed E-state index contributed by atoms with van der Waals surface area (Å²) >= 11 is 5.97. The minimum absolute atomic E-state index is 0.213. The molecule has 1 aromatic rings. The van der Waals surface area contributed by atoms with Gasteiger partial charge in [-0.1, -0.05) is 17.7 Å². The van der Waals surface area contributed by atoms with Crippen molar-refractivity contribution in [1.82, 2.24) is 0 Å². The summed E-state index contributed by atoms with van der Waals surface area (Å²) in [4.78, 5) is 13.1. The van der Waals surface area contributed by atoms with Crippen LogP contribution in [0.2, 0.25) is 5.02 Å². The fourth-order valence-corrected chi connectivity index (χ4v) is 2.24. The number of carbonyl (C=O) groups is 1. The number of rotatable bonds is 2. The second-order valence-electron chi connectivity index (χ2n) is 4.01. The smallest absolute Gasteiger partial charge is 0.153 e. The van der Waals surface area contributed by atoms with E-state index in [1.54, 1.807) is 6.07 Å². The molecule has 4 heteroatoms. The Morgan fingerprint density at radius 1 is 1.38 bits per heavy atom. The monoisotopic (exact) mass is 239 g/mol. The number of aliphatic hydroxyl groups excluding tert-OH is 1. The molecule has 16 heavy (non-hydrogen) atoms. The standard InChI is InChI=1S/C12H14ClNO2/c13-11-2-1-3-12(10(11)8-15)14-6-4-9(16)5-7-14/h1-3,8-9,16H,4-7H2. The second-order valence-corrected chi connectivity index (χ2v) is 4.42. The molecular formula is C12H14ClNO2. The van der Waals surface area contributed by atoms with Crippen molar-refractivity contribution in [2.24, 2.45) is 0 Å². The zero-order valence-electron chi connectivity index (χ0n) is 8.90. The van der Waals surface area contributed by atoms with Gasteiger partial charge in [-0.25, -0.2) is 0 Å². The molecule has 2 rings (SSSR count). The zero-order valence-corrected chi connectivity index (χ0v) is 9.65. The molecule has 3 nitrogen and oxygen atoms in total. The number of piperidine rings is 1. The third-order valence-corrected chi connectivity index (χ3v) is 3.28. The summed E-state index contributed by atoms with van der Waals surface area (Å²) in [6.07, 6.45) is 2.06. The molecule has 0 aromatic heterocycles. The number of hydrogen-bond donors (Lipinski definition) is 1. The normalized spacial score (nSPS) is 17.5. The van der Waals surface area contributed by atoms with Crippen molar-refractivity contribution >= 4 is 23.6 Å². The lowest BCUT2D eigenvalue weighted by atomic mass is 10.1. The first kappa shape index (κ1) is 11.4. The Morgan fingerprint density at radius 2 is 2.06 bits per heavy atom. The van der Waals surface area contributed by atoms with Crippen molar-refractivity contribution in [3.8, 4) is 0 Å². The first-order chi connectivity index (χ1) is 7.72. The SMILES string of the molecule is O=Cc1c(Cl)cccc1N1CCC(O)CC1. The van der Waals surface area contributed by atoms with Crippen LogP contribution in [0.4, 0.5) is 5.69 Å². The zero-order chi connectivity index (χ0) is 11.5. The summed E-state index contributed by atoms with van der Waals surface area (Å²) in [5.74, 6) is 0. The molecule has 1 aliphatic rings. The Hall–Kier alpha value is -1.06. The van der Waals surface area contributed by atoms with E-state index in [0.717, 1.165) is 37.9 Å². The maximum atomic E-state index is 11.0. The highest BCUT2D eigenvalue weighted by Gasteiger charge is 2.19. The van der Waals surface area contributed by atoms with E-state index in [9.17, 15) is 9.90 Å². The number of aliphatic hydroxyl groups is 1. The van der Waals surface area contributed by atoms with Crippen molar-refractivity contribution in [2.75, 3.05) is 18.0 Å². The molecule has 0 saturated carbocycles.